The second-order valence-corrected chi connectivity index (χ2v) is 4.42. The molecule has 0 aromatic heterocycles. The van der Waals surface area contributed by atoms with E-state index in [1.54, 1.807) is 13.8 Å². The van der Waals surface area contributed by atoms with Crippen LogP contribution >= 0.6 is 0 Å². The third-order valence-electron chi connectivity index (χ3n) is 2.85. The van der Waals surface area contributed by atoms with Gasteiger partial charge in [0.25, 0.3) is 5.91 Å². The minimum atomic E-state index is -1.10. The number of β-amino-alcohol motifs (C(OH)–C–C–N with tert-alkyl or cyclic N) is 1. The highest BCUT2D eigenvalue weighted by atomic mass is 16.5. The van der Waals surface area contributed by atoms with Gasteiger partial charge in [0, 0.05) is 20.1 Å². The number of amides is 1. The summed E-state index contributed by atoms with van der Waals surface area (Å²) in [5.74, 6) is -1.52. The number of aliphatic carboxylic acids is 1. The number of carbonyl (C=O) groups is 2. The molecule has 1 rings (SSSR count). The van der Waals surface area contributed by atoms with Gasteiger partial charge in [0.1, 0.15) is 11.6 Å². The smallest absolute Gasteiger partial charge is 0.326 e. The molecule has 1 amide bonds. The fourth-order valence-electron chi connectivity index (χ4n) is 1.71. The number of likely N-dealkylation sites (tertiary alicyclic amines) is 1. The van der Waals surface area contributed by atoms with Crippen LogP contribution in [0.3, 0.4) is 0 Å². The second-order valence-electron chi connectivity index (χ2n) is 4.42. The van der Waals surface area contributed by atoms with E-state index in [2.05, 4.69) is 0 Å². The van der Waals surface area contributed by atoms with Crippen LogP contribution in [-0.4, -0.2) is 58.4 Å². The van der Waals surface area contributed by atoms with Crippen molar-refractivity contribution in [1.29, 1.82) is 0 Å². The maximum absolute atomic E-state index is 12.0. The van der Waals surface area contributed by atoms with E-state index in [4.69, 9.17) is 9.84 Å². The minimum absolute atomic E-state index is 0.0442. The van der Waals surface area contributed by atoms with Gasteiger partial charge in [-0.15, -0.1) is 0 Å². The van der Waals surface area contributed by atoms with Gasteiger partial charge in [-0.25, -0.2) is 4.79 Å². The summed E-state index contributed by atoms with van der Waals surface area (Å²) in [6.07, 6.45) is -0.710. The number of carboxylic acid groups (broad SMARTS) is 1. The summed E-state index contributed by atoms with van der Waals surface area (Å²) in [4.78, 5) is 24.1. The van der Waals surface area contributed by atoms with Crippen LogP contribution in [0.25, 0.3) is 0 Å². The number of carbonyl (C=O) groups excluding carboxylic acids is 1. The number of rotatable bonds is 3. The zero-order valence-corrected chi connectivity index (χ0v) is 9.64. The number of methoxy groups -OCH3 is 1. The highest BCUT2D eigenvalue weighted by Gasteiger charge is 2.43. The average molecular weight is 231 g/mol. The molecule has 0 aromatic rings. The Labute approximate surface area is 93.8 Å². The molecule has 0 spiro atoms. The normalized spacial score (nSPS) is 25.9. The molecule has 6 nitrogen and oxygen atoms in total. The molecule has 1 aliphatic rings. The van der Waals surface area contributed by atoms with Crippen molar-refractivity contribution in [2.75, 3.05) is 13.7 Å². The van der Waals surface area contributed by atoms with Crippen molar-refractivity contribution in [3.63, 3.8) is 0 Å². The molecule has 0 bridgehead atoms. The molecule has 1 fully saturated rings. The first-order valence-corrected chi connectivity index (χ1v) is 5.06. The van der Waals surface area contributed by atoms with Gasteiger partial charge in [0.05, 0.1) is 6.10 Å². The Morgan fingerprint density at radius 1 is 1.44 bits per heavy atom. The molecule has 2 unspecified atom stereocenters. The van der Waals surface area contributed by atoms with Crippen LogP contribution in [0.4, 0.5) is 0 Å². The minimum Gasteiger partial charge on any atom is -0.480 e. The highest BCUT2D eigenvalue weighted by Crippen LogP contribution is 2.23. The molecule has 1 heterocycles. The van der Waals surface area contributed by atoms with E-state index in [-0.39, 0.29) is 13.0 Å². The summed E-state index contributed by atoms with van der Waals surface area (Å²) in [7, 11) is 1.39. The van der Waals surface area contributed by atoms with E-state index < -0.39 is 29.6 Å². The summed E-state index contributed by atoms with van der Waals surface area (Å²) in [5, 5.41) is 18.4. The Hall–Kier alpha value is -1.14. The Balaban J connectivity index is 2.86. The van der Waals surface area contributed by atoms with E-state index in [9.17, 15) is 14.7 Å². The molecule has 0 saturated carbocycles. The van der Waals surface area contributed by atoms with Gasteiger partial charge in [0.15, 0.2) is 0 Å². The van der Waals surface area contributed by atoms with E-state index in [0.717, 1.165) is 4.90 Å². The van der Waals surface area contributed by atoms with Crippen LogP contribution in [0.15, 0.2) is 0 Å². The Kier molecular flexibility index (Phi) is 3.54. The van der Waals surface area contributed by atoms with Gasteiger partial charge in [0.2, 0.25) is 0 Å². The van der Waals surface area contributed by atoms with Crippen LogP contribution in [0, 0.1) is 0 Å². The molecular formula is C10H17NO5. The number of hydrogen-bond donors (Lipinski definition) is 2. The van der Waals surface area contributed by atoms with Crippen LogP contribution < -0.4 is 0 Å². The summed E-state index contributed by atoms with van der Waals surface area (Å²) in [6, 6.07) is -0.961. The molecule has 1 aliphatic heterocycles. The molecule has 2 atom stereocenters. The molecule has 92 valence electrons. The fourth-order valence-corrected chi connectivity index (χ4v) is 1.71. The van der Waals surface area contributed by atoms with Crippen molar-refractivity contribution < 1.29 is 24.5 Å². The maximum atomic E-state index is 12.0. The van der Waals surface area contributed by atoms with E-state index in [0.29, 0.717) is 0 Å². The molecule has 0 aliphatic carbocycles. The number of nitrogens with zero attached hydrogens (tertiary/aromatic N) is 1. The van der Waals surface area contributed by atoms with Crippen LogP contribution in [0.1, 0.15) is 20.3 Å². The van der Waals surface area contributed by atoms with Crippen LogP contribution in [0.5, 0.6) is 0 Å². The van der Waals surface area contributed by atoms with Gasteiger partial charge in [-0.05, 0) is 13.8 Å². The summed E-state index contributed by atoms with van der Waals surface area (Å²) >= 11 is 0. The van der Waals surface area contributed by atoms with Gasteiger partial charge < -0.3 is 19.8 Å². The number of carboxylic acids is 1. The van der Waals surface area contributed by atoms with Gasteiger partial charge in [-0.2, -0.15) is 0 Å². The monoisotopic (exact) mass is 231 g/mol. The molecular weight excluding hydrogens is 214 g/mol. The first-order valence-electron chi connectivity index (χ1n) is 5.06. The average Bonchev–Trinajstić information content (AvgIpc) is 2.59. The topological polar surface area (TPSA) is 87.1 Å². The summed E-state index contributed by atoms with van der Waals surface area (Å²) in [6.45, 7) is 3.18. The molecule has 6 heteroatoms. The summed E-state index contributed by atoms with van der Waals surface area (Å²) < 4.78 is 5.01. The third kappa shape index (κ3) is 2.33. The molecule has 0 aromatic carbocycles. The quantitative estimate of drug-likeness (QED) is 0.681. The predicted octanol–water partition coefficient (Wildman–Crippen LogP) is -0.542. The zero-order chi connectivity index (χ0) is 12.5. The Morgan fingerprint density at radius 2 is 2.00 bits per heavy atom. The van der Waals surface area contributed by atoms with Crippen molar-refractivity contribution >= 4 is 11.9 Å². The van der Waals surface area contributed by atoms with Crippen LogP contribution in [-0.2, 0) is 14.3 Å². The lowest BCUT2D eigenvalue weighted by Crippen LogP contribution is -2.50. The standard InChI is InChI=1S/C10H17NO5/c1-10(2,16-3)9(15)11-5-6(12)4-7(11)8(13)14/h6-7,12H,4-5H2,1-3H3,(H,13,14). The van der Waals surface area contributed by atoms with Gasteiger partial charge in [-0.3, -0.25) is 4.79 Å². The Morgan fingerprint density at radius 3 is 2.44 bits per heavy atom. The second kappa shape index (κ2) is 4.39. The predicted molar refractivity (Wildman–Crippen MR) is 54.8 cm³/mol. The number of aliphatic hydroxyl groups excluding tert-OH is 1. The van der Waals surface area contributed by atoms with E-state index in [1.165, 1.54) is 7.11 Å². The molecule has 2 N–H and O–H groups in total. The lowest BCUT2D eigenvalue weighted by molar-refractivity contribution is -0.158. The van der Waals surface area contributed by atoms with Crippen LogP contribution in [0.2, 0.25) is 0 Å². The largest absolute Gasteiger partial charge is 0.480 e. The first-order chi connectivity index (χ1) is 7.29. The fraction of sp³-hybridized carbons (Fsp3) is 0.800. The number of ether oxygens (including phenoxy) is 1. The molecule has 0 radical (unpaired) electrons. The number of hydrogen-bond acceptors (Lipinski definition) is 4. The lowest BCUT2D eigenvalue weighted by Gasteiger charge is -2.30. The Bertz CT molecular complexity index is 302. The third-order valence-corrected chi connectivity index (χ3v) is 2.85. The van der Waals surface area contributed by atoms with E-state index >= 15 is 0 Å². The highest BCUT2D eigenvalue weighted by molar-refractivity contribution is 5.89. The van der Waals surface area contributed by atoms with E-state index in [1.807, 2.05) is 0 Å². The van der Waals surface area contributed by atoms with Crippen molar-refractivity contribution in [1.82, 2.24) is 4.90 Å². The SMILES string of the molecule is COC(C)(C)C(=O)N1CC(O)CC1C(=O)O. The summed E-state index contributed by atoms with van der Waals surface area (Å²) in [5.41, 5.74) is -1.07. The first kappa shape index (κ1) is 12.9. The maximum Gasteiger partial charge on any atom is 0.326 e. The van der Waals surface area contributed by atoms with Crippen molar-refractivity contribution in [3.8, 4) is 0 Å². The molecule has 16 heavy (non-hydrogen) atoms. The van der Waals surface area contributed by atoms with Gasteiger partial charge >= 0.3 is 5.97 Å². The van der Waals surface area contributed by atoms with Crippen molar-refractivity contribution in [3.05, 3.63) is 0 Å². The number of aliphatic hydroxyl groups is 1. The van der Waals surface area contributed by atoms with Gasteiger partial charge in [-0.1, -0.05) is 0 Å². The lowest BCUT2D eigenvalue weighted by atomic mass is 10.1. The molecule has 1 saturated heterocycles. The zero-order valence-electron chi connectivity index (χ0n) is 9.64. The van der Waals surface area contributed by atoms with Crippen molar-refractivity contribution in [2.45, 2.75) is 38.0 Å². The van der Waals surface area contributed by atoms with Crippen molar-refractivity contribution in [2.24, 2.45) is 0 Å².